The van der Waals surface area contributed by atoms with E-state index in [0.29, 0.717) is 12.1 Å². The van der Waals surface area contributed by atoms with Crippen molar-refractivity contribution < 1.29 is 49.0 Å². The van der Waals surface area contributed by atoms with Crippen LogP contribution in [-0.4, -0.2) is 81.6 Å². The summed E-state index contributed by atoms with van der Waals surface area (Å²) in [7, 11) is 0. The largest absolute Gasteiger partial charge is 0.479 e. The van der Waals surface area contributed by atoms with E-state index in [0.717, 1.165) is 0 Å². The molecule has 0 bridgehead atoms. The molecular formula is C22H32N2O10. The summed E-state index contributed by atoms with van der Waals surface area (Å²) in [5, 5.41) is 45.1. The minimum Gasteiger partial charge on any atom is -0.479 e. The van der Waals surface area contributed by atoms with Gasteiger partial charge in [0.25, 0.3) is 0 Å². The average molecular weight is 485 g/mol. The molecule has 6 N–H and O–H groups in total. The highest BCUT2D eigenvalue weighted by atomic mass is 16.7. The van der Waals surface area contributed by atoms with Crippen LogP contribution in [0.1, 0.15) is 39.2 Å². The molecule has 0 saturated carbocycles. The zero-order valence-electron chi connectivity index (χ0n) is 19.3. The first-order valence-electron chi connectivity index (χ1n) is 10.9. The topological polar surface area (TPSA) is 184 Å². The van der Waals surface area contributed by atoms with Gasteiger partial charge in [-0.25, -0.2) is 4.79 Å². The molecule has 0 aliphatic carbocycles. The lowest BCUT2D eigenvalue weighted by molar-refractivity contribution is -0.271. The highest BCUT2D eigenvalue weighted by Crippen LogP contribution is 2.31. The third-order valence-corrected chi connectivity index (χ3v) is 4.97. The number of nitrogens with one attached hydrogen (secondary N) is 2. The van der Waals surface area contributed by atoms with E-state index in [1.54, 1.807) is 13.0 Å². The summed E-state index contributed by atoms with van der Waals surface area (Å²) in [5.41, 5.74) is 0.691. The van der Waals surface area contributed by atoms with Gasteiger partial charge in [-0.05, 0) is 17.7 Å². The summed E-state index contributed by atoms with van der Waals surface area (Å²) in [6.45, 7) is 5.90. The van der Waals surface area contributed by atoms with E-state index in [1.807, 2.05) is 13.8 Å². The number of aliphatic hydroxyl groups is 3. The number of rotatable bonds is 11. The number of amides is 1. The fourth-order valence-electron chi connectivity index (χ4n) is 3.09. The van der Waals surface area contributed by atoms with Crippen LogP contribution in [0.2, 0.25) is 0 Å². The molecule has 1 heterocycles. The Morgan fingerprint density at radius 2 is 1.82 bits per heavy atom. The standard InChI is InChI=1S/C22H32N2O10/c1-4-16(26)32-10-12-5-6-14(13(9-12)24-15(25)7-8-23-11(2)3)33-22-19(29)17(27)18(28)20(34-22)21(30)31/h5-6,9,11,17-20,22-23,27-29H,4,7-8,10H2,1-3H3,(H,24,25)(H,30,31)/t17-,18-,19+,20-,22+/m0/s1. The Labute approximate surface area is 196 Å². The number of carbonyl (C=O) groups is 3. The second-order valence-corrected chi connectivity index (χ2v) is 8.10. The van der Waals surface area contributed by atoms with E-state index < -0.39 is 42.6 Å². The number of carboxylic acid groups (broad SMARTS) is 1. The smallest absolute Gasteiger partial charge is 0.335 e. The van der Waals surface area contributed by atoms with Crippen molar-refractivity contribution in [2.24, 2.45) is 0 Å². The Morgan fingerprint density at radius 1 is 1.12 bits per heavy atom. The molecular weight excluding hydrogens is 452 g/mol. The van der Waals surface area contributed by atoms with Crippen LogP contribution in [-0.2, 0) is 30.5 Å². The molecule has 0 radical (unpaired) electrons. The van der Waals surface area contributed by atoms with Crippen molar-refractivity contribution in [3.63, 3.8) is 0 Å². The zero-order valence-corrected chi connectivity index (χ0v) is 19.3. The molecule has 1 saturated heterocycles. The molecule has 12 nitrogen and oxygen atoms in total. The van der Waals surface area contributed by atoms with Crippen LogP contribution in [0.25, 0.3) is 0 Å². The van der Waals surface area contributed by atoms with Crippen molar-refractivity contribution in [1.29, 1.82) is 0 Å². The summed E-state index contributed by atoms with van der Waals surface area (Å²) >= 11 is 0. The number of carbonyl (C=O) groups excluding carboxylic acids is 2. The Kier molecular flexibility index (Phi) is 10.2. The normalized spacial score (nSPS) is 24.5. The highest BCUT2D eigenvalue weighted by molar-refractivity contribution is 5.92. The van der Waals surface area contributed by atoms with Gasteiger partial charge >= 0.3 is 11.9 Å². The molecule has 34 heavy (non-hydrogen) atoms. The third kappa shape index (κ3) is 7.64. The predicted octanol–water partition coefficient (Wildman–Crippen LogP) is -0.263. The van der Waals surface area contributed by atoms with Gasteiger partial charge in [-0.1, -0.05) is 26.8 Å². The third-order valence-electron chi connectivity index (χ3n) is 4.97. The predicted molar refractivity (Wildman–Crippen MR) is 118 cm³/mol. The number of aliphatic carboxylic acids is 1. The van der Waals surface area contributed by atoms with Gasteiger partial charge in [0.2, 0.25) is 12.2 Å². The van der Waals surface area contributed by atoms with Crippen molar-refractivity contribution in [2.45, 2.75) is 77.0 Å². The van der Waals surface area contributed by atoms with Crippen molar-refractivity contribution in [2.75, 3.05) is 11.9 Å². The maximum absolute atomic E-state index is 12.4. The molecule has 2 rings (SSSR count). The minimum atomic E-state index is -1.87. The lowest BCUT2D eigenvalue weighted by atomic mass is 9.99. The van der Waals surface area contributed by atoms with E-state index in [4.69, 9.17) is 14.2 Å². The van der Waals surface area contributed by atoms with E-state index in [2.05, 4.69) is 10.6 Å². The van der Waals surface area contributed by atoms with Crippen LogP contribution in [0.15, 0.2) is 18.2 Å². The molecule has 1 aromatic carbocycles. The van der Waals surface area contributed by atoms with E-state index in [9.17, 15) is 34.8 Å². The van der Waals surface area contributed by atoms with Crippen LogP contribution in [0.3, 0.4) is 0 Å². The molecule has 1 aliphatic heterocycles. The van der Waals surface area contributed by atoms with Gasteiger partial charge < -0.3 is 45.3 Å². The summed E-state index contributed by atoms with van der Waals surface area (Å²) in [5.74, 6) is -2.31. The molecule has 1 fully saturated rings. The van der Waals surface area contributed by atoms with Gasteiger partial charge in [0, 0.05) is 25.4 Å². The second kappa shape index (κ2) is 12.6. The van der Waals surface area contributed by atoms with E-state index in [-0.39, 0.29) is 42.8 Å². The van der Waals surface area contributed by atoms with Gasteiger partial charge in [0.1, 0.15) is 30.7 Å². The molecule has 5 atom stereocenters. The first-order valence-corrected chi connectivity index (χ1v) is 10.9. The number of hydrogen-bond donors (Lipinski definition) is 6. The quantitative estimate of drug-likeness (QED) is 0.227. The Bertz CT molecular complexity index is 862. The average Bonchev–Trinajstić information content (AvgIpc) is 2.78. The Morgan fingerprint density at radius 3 is 2.44 bits per heavy atom. The number of benzene rings is 1. The highest BCUT2D eigenvalue weighted by Gasteiger charge is 2.48. The maximum Gasteiger partial charge on any atom is 0.335 e. The summed E-state index contributed by atoms with van der Waals surface area (Å²) in [4.78, 5) is 35.2. The number of aliphatic hydroxyl groups excluding tert-OH is 3. The zero-order chi connectivity index (χ0) is 25.4. The van der Waals surface area contributed by atoms with Crippen molar-refractivity contribution in [3.8, 4) is 5.75 Å². The molecule has 12 heteroatoms. The lowest BCUT2D eigenvalue weighted by Gasteiger charge is -2.38. The molecule has 0 unspecified atom stereocenters. The van der Waals surface area contributed by atoms with Crippen molar-refractivity contribution in [3.05, 3.63) is 23.8 Å². The first-order chi connectivity index (χ1) is 16.0. The summed E-state index contributed by atoms with van der Waals surface area (Å²) in [6, 6.07) is 4.66. The van der Waals surface area contributed by atoms with Gasteiger partial charge in [-0.15, -0.1) is 0 Å². The summed E-state index contributed by atoms with van der Waals surface area (Å²) < 4.78 is 15.9. The van der Waals surface area contributed by atoms with Crippen LogP contribution < -0.4 is 15.4 Å². The number of hydrogen-bond acceptors (Lipinski definition) is 10. The van der Waals surface area contributed by atoms with Gasteiger partial charge in [0.05, 0.1) is 5.69 Å². The van der Waals surface area contributed by atoms with Gasteiger partial charge in [-0.3, -0.25) is 9.59 Å². The fraction of sp³-hybridized carbons (Fsp3) is 0.591. The second-order valence-electron chi connectivity index (χ2n) is 8.10. The summed E-state index contributed by atoms with van der Waals surface area (Å²) in [6.07, 6.45) is -8.62. The molecule has 1 aliphatic rings. The molecule has 1 amide bonds. The molecule has 0 aromatic heterocycles. The first kappa shape index (κ1) is 27.5. The monoisotopic (exact) mass is 484 g/mol. The SMILES string of the molecule is CCC(=O)OCc1ccc(O[C@@H]2O[C@H](C(=O)O)[C@@H](O)[C@H](O)[C@H]2O)c(NC(=O)CCNC(C)C)c1. The molecule has 0 spiro atoms. The van der Waals surface area contributed by atoms with Crippen LogP contribution in [0.4, 0.5) is 5.69 Å². The van der Waals surface area contributed by atoms with Gasteiger partial charge in [-0.2, -0.15) is 0 Å². The Hall–Kier alpha value is -2.77. The number of carboxylic acids is 1. The van der Waals surface area contributed by atoms with E-state index in [1.165, 1.54) is 12.1 Å². The Balaban J connectivity index is 2.23. The fourth-order valence-corrected chi connectivity index (χ4v) is 3.09. The lowest BCUT2D eigenvalue weighted by Crippen LogP contribution is -2.61. The molecule has 1 aromatic rings. The number of ether oxygens (including phenoxy) is 3. The van der Waals surface area contributed by atoms with Crippen LogP contribution in [0.5, 0.6) is 5.75 Å². The van der Waals surface area contributed by atoms with Gasteiger partial charge in [0.15, 0.2) is 6.10 Å². The maximum atomic E-state index is 12.4. The number of esters is 1. The van der Waals surface area contributed by atoms with Crippen molar-refractivity contribution >= 4 is 23.5 Å². The van der Waals surface area contributed by atoms with Crippen LogP contribution >= 0.6 is 0 Å². The number of anilines is 1. The molecule has 190 valence electrons. The van der Waals surface area contributed by atoms with E-state index >= 15 is 0 Å². The van der Waals surface area contributed by atoms with Crippen LogP contribution in [0, 0.1) is 0 Å². The van der Waals surface area contributed by atoms with Crippen molar-refractivity contribution in [1.82, 2.24) is 5.32 Å². The minimum absolute atomic E-state index is 0.00696.